The van der Waals surface area contributed by atoms with Gasteiger partial charge in [-0.05, 0) is 23.6 Å². The molecule has 0 heterocycles. The van der Waals surface area contributed by atoms with Gasteiger partial charge in [-0.25, -0.2) is 0 Å². The lowest BCUT2D eigenvalue weighted by Crippen LogP contribution is -1.83. The molecule has 0 amide bonds. The van der Waals surface area contributed by atoms with Crippen molar-refractivity contribution >= 4 is 91.0 Å². The van der Waals surface area contributed by atoms with E-state index in [0.717, 1.165) is 0 Å². The molecule has 0 saturated heterocycles. The van der Waals surface area contributed by atoms with Gasteiger partial charge in [-0.2, -0.15) is 54.0 Å². The zero-order chi connectivity index (χ0) is 35.6. The molecule has 0 aliphatic carbocycles. The summed E-state index contributed by atoms with van der Waals surface area (Å²) in [7, 11) is 0. The van der Waals surface area contributed by atoms with E-state index in [0.29, 0.717) is 0 Å². The topological polar surface area (TPSA) is 121 Å². The second kappa shape index (κ2) is 60.7. The Kier molecular flexibility index (Phi) is 85.3. The molecule has 14 heteroatoms. The molecular weight excluding hydrogens is 783 g/mol. The van der Waals surface area contributed by atoms with E-state index in [1.807, 2.05) is 0 Å². The van der Waals surface area contributed by atoms with Crippen molar-refractivity contribution in [2.75, 3.05) is 0 Å². The smallest absolute Gasteiger partial charge is 0.319 e. The fourth-order valence-electron chi connectivity index (χ4n) is 5.24. The molecule has 0 unspecified atom stereocenters. The first-order valence-electron chi connectivity index (χ1n) is 19.4. The van der Waals surface area contributed by atoms with Gasteiger partial charge in [0, 0.05) is 0 Å². The second-order valence-electron chi connectivity index (χ2n) is 12.9. The minimum Gasteiger partial charge on any atom is -0.325 e. The maximum Gasteiger partial charge on any atom is 0.319 e. The summed E-state index contributed by atoms with van der Waals surface area (Å²) < 4.78 is 0. The van der Waals surface area contributed by atoms with Gasteiger partial charge in [-0.15, -0.1) is 0 Å². The Morgan fingerprint density at radius 2 is 0.300 bits per heavy atom. The highest BCUT2D eigenvalue weighted by Gasteiger charge is 1.96. The van der Waals surface area contributed by atoms with Crippen LogP contribution in [-0.2, 0) is 23.6 Å². The van der Waals surface area contributed by atoms with E-state index in [-0.39, 0.29) is 54.0 Å². The van der Waals surface area contributed by atoms with Crippen LogP contribution in [0.25, 0.3) is 0 Å². The first-order valence-corrected chi connectivity index (χ1v) is 24.7. The Labute approximate surface area is 351 Å². The molecular formula is C36H90O6P2S6. The summed E-state index contributed by atoms with van der Waals surface area (Å²) in [5.41, 5.74) is 0. The van der Waals surface area contributed by atoms with Crippen molar-refractivity contribution in [1.82, 2.24) is 0 Å². The number of rotatable bonds is 30. The largest absolute Gasteiger partial charge is 0.325 e. The molecule has 0 aromatic rings. The van der Waals surface area contributed by atoms with Crippen molar-refractivity contribution in [3.05, 3.63) is 0 Å². The van der Waals surface area contributed by atoms with Gasteiger partial charge in [0.25, 0.3) is 0 Å². The Morgan fingerprint density at radius 3 is 0.360 bits per heavy atom. The molecule has 0 aromatic carbocycles. The summed E-state index contributed by atoms with van der Waals surface area (Å²) in [6.45, 7) is 1.56. The van der Waals surface area contributed by atoms with Crippen LogP contribution in [-0.4, -0.2) is 29.4 Å². The van der Waals surface area contributed by atoms with Crippen molar-refractivity contribution in [2.45, 2.75) is 233 Å². The fraction of sp³-hybridized carbons (Fsp3) is 1.00. The molecule has 0 atom stereocenters. The van der Waals surface area contributed by atoms with Gasteiger partial charge in [0.2, 0.25) is 0 Å². The first-order chi connectivity index (χ1) is 21.8. The van der Waals surface area contributed by atoms with E-state index in [2.05, 4.69) is 51.3 Å². The molecule has 6 nitrogen and oxygen atoms in total. The van der Waals surface area contributed by atoms with Gasteiger partial charge in [0.05, 0.1) is 0 Å². The van der Waals surface area contributed by atoms with Gasteiger partial charge >= 0.3 is 13.4 Å². The molecule has 0 bridgehead atoms. The Morgan fingerprint density at radius 1 is 0.240 bits per heavy atom. The summed E-state index contributed by atoms with van der Waals surface area (Å²) in [5, 5.41) is 0. The number of hydrogen-bond donors (Lipinski definition) is 6. The van der Waals surface area contributed by atoms with Crippen molar-refractivity contribution in [3.8, 4) is 0 Å². The molecule has 0 radical (unpaired) electrons. The van der Waals surface area contributed by atoms with Gasteiger partial charge in [-0.1, -0.05) is 233 Å². The van der Waals surface area contributed by atoms with Crippen LogP contribution in [0, 0.1) is 0 Å². The number of unbranched alkanes of at least 4 members (excludes halogenated alkanes) is 30. The van der Waals surface area contributed by atoms with Crippen LogP contribution >= 0.6 is 67.4 Å². The lowest BCUT2D eigenvalue weighted by Gasteiger charge is -2.03. The predicted octanol–water partition coefficient (Wildman–Crippen LogP) is 13.4. The summed E-state index contributed by atoms with van der Waals surface area (Å²) >= 11 is 7.21. The molecule has 0 spiro atoms. The van der Waals surface area contributed by atoms with E-state index < -0.39 is 13.4 Å². The quantitative estimate of drug-likeness (QED) is 0.0312. The average Bonchev–Trinajstić information content (AvgIpc) is 2.96. The van der Waals surface area contributed by atoms with E-state index in [1.165, 1.54) is 205 Å². The third-order valence-corrected chi connectivity index (χ3v) is 7.91. The van der Waals surface area contributed by atoms with Crippen LogP contribution in [0.3, 0.4) is 0 Å². The Balaban J connectivity index is -0.0000000868. The van der Waals surface area contributed by atoms with E-state index in [9.17, 15) is 0 Å². The van der Waals surface area contributed by atoms with Crippen molar-refractivity contribution in [1.29, 1.82) is 0 Å². The average molecular weight is 873 g/mol. The lowest BCUT2D eigenvalue weighted by atomic mass is 10.0. The van der Waals surface area contributed by atoms with Crippen LogP contribution in [0.5, 0.6) is 0 Å². The van der Waals surface area contributed by atoms with E-state index >= 15 is 0 Å². The third kappa shape index (κ3) is 117. The lowest BCUT2D eigenvalue weighted by molar-refractivity contribution is 0.361. The van der Waals surface area contributed by atoms with Crippen molar-refractivity contribution < 1.29 is 29.4 Å². The zero-order valence-electron chi connectivity index (χ0n) is 33.0. The molecule has 0 aromatic heterocycles. The highest BCUT2D eigenvalue weighted by atomic mass is 32.5. The zero-order valence-corrected chi connectivity index (χ0v) is 40.4. The van der Waals surface area contributed by atoms with Crippen LogP contribution < -0.4 is 0 Å². The minimum absolute atomic E-state index is 0. The molecule has 316 valence electrons. The molecule has 0 aliphatic rings. The maximum absolute atomic E-state index is 7.56. The van der Waals surface area contributed by atoms with Crippen molar-refractivity contribution in [2.24, 2.45) is 0 Å². The van der Waals surface area contributed by atoms with Crippen molar-refractivity contribution in [3.63, 3.8) is 0 Å². The molecule has 0 fully saturated rings. The van der Waals surface area contributed by atoms with Gasteiger partial charge < -0.3 is 29.4 Å². The standard InChI is InChI=1S/2C18H38.2H3O3PS.4H2S/c2*1-3-5-7-9-11-13-15-17-18-16-14-12-10-8-6-4-2;2*1-4(2,3)5;;;;/h2*3-18H2,1-2H3;2*(H3,1,2,3,5);4*1H2. The van der Waals surface area contributed by atoms with Crippen LogP contribution in [0.15, 0.2) is 0 Å². The van der Waals surface area contributed by atoms with E-state index in [4.69, 9.17) is 29.4 Å². The maximum atomic E-state index is 7.56. The van der Waals surface area contributed by atoms with Gasteiger partial charge in [0.15, 0.2) is 0 Å². The van der Waals surface area contributed by atoms with Crippen LogP contribution in [0.4, 0.5) is 0 Å². The monoisotopic (exact) mass is 872 g/mol. The second-order valence-corrected chi connectivity index (χ2v) is 17.9. The van der Waals surface area contributed by atoms with E-state index in [1.54, 1.807) is 0 Å². The predicted molar refractivity (Wildman–Crippen MR) is 254 cm³/mol. The SMILES string of the molecule is CCCCCCCCCCCCCCCCCC.CCCCCCCCCCCCCCCCCC.OP(O)(O)=S.OP(O)(O)=S.S.S.S.S. The molecule has 0 rings (SSSR count). The third-order valence-electron chi connectivity index (χ3n) is 7.91. The molecule has 0 saturated carbocycles. The minimum atomic E-state index is -3.81. The Hall–Kier alpha value is 2.46. The molecule has 6 N–H and O–H groups in total. The molecule has 0 aliphatic heterocycles. The summed E-state index contributed by atoms with van der Waals surface area (Å²) in [6.07, 6.45) is 46.8. The normalized spacial score (nSPS) is 10.3. The highest BCUT2D eigenvalue weighted by molar-refractivity contribution is 8.06. The number of hydrogen-bond acceptors (Lipinski definition) is 2. The Bertz CT molecular complexity index is 531. The molecule has 50 heavy (non-hydrogen) atoms. The first kappa shape index (κ1) is 70.3. The highest BCUT2D eigenvalue weighted by Crippen LogP contribution is 2.27. The summed E-state index contributed by atoms with van der Waals surface area (Å²) in [6, 6.07) is 0. The van der Waals surface area contributed by atoms with Crippen LogP contribution in [0.2, 0.25) is 0 Å². The fourth-order valence-corrected chi connectivity index (χ4v) is 5.24. The summed E-state index contributed by atoms with van der Waals surface area (Å²) in [5.74, 6) is 0. The van der Waals surface area contributed by atoms with Crippen LogP contribution in [0.1, 0.15) is 233 Å². The summed E-state index contributed by atoms with van der Waals surface area (Å²) in [4.78, 5) is 45.3. The van der Waals surface area contributed by atoms with Gasteiger partial charge in [-0.3, -0.25) is 0 Å². The van der Waals surface area contributed by atoms with Gasteiger partial charge in [0.1, 0.15) is 0 Å².